The maximum absolute atomic E-state index is 12.1. The molecular formula is C17H21N3O2. The summed E-state index contributed by atoms with van der Waals surface area (Å²) in [5.41, 5.74) is 3.21. The van der Waals surface area contributed by atoms with E-state index in [1.54, 1.807) is 6.33 Å². The maximum atomic E-state index is 12.1. The van der Waals surface area contributed by atoms with E-state index < -0.39 is 0 Å². The van der Waals surface area contributed by atoms with Crippen molar-refractivity contribution in [2.75, 3.05) is 13.2 Å². The molecule has 1 unspecified atom stereocenters. The molecule has 1 amide bonds. The van der Waals surface area contributed by atoms with Crippen LogP contribution in [0.3, 0.4) is 0 Å². The third-order valence-electron chi connectivity index (χ3n) is 4.20. The van der Waals surface area contributed by atoms with Crippen molar-refractivity contribution in [1.29, 1.82) is 0 Å². The van der Waals surface area contributed by atoms with E-state index in [9.17, 15) is 4.79 Å². The average molecular weight is 299 g/mol. The normalized spacial score (nSPS) is 16.7. The predicted octanol–water partition coefficient (Wildman–Crippen LogP) is 1.87. The Hall–Kier alpha value is -2.30. The third-order valence-corrected chi connectivity index (χ3v) is 4.20. The maximum Gasteiger partial charge on any atom is 0.239 e. The number of benzene rings is 1. The number of hydrogen-bond acceptors (Lipinski definition) is 3. The molecule has 0 aliphatic carbocycles. The van der Waals surface area contributed by atoms with Gasteiger partial charge < -0.3 is 14.6 Å². The highest BCUT2D eigenvalue weighted by Crippen LogP contribution is 2.26. The SMILES string of the molecule is Cc1ncn(CC(=O)NCC2COc3ccccc3C2)c1C. The summed E-state index contributed by atoms with van der Waals surface area (Å²) < 4.78 is 7.61. The number of aromatic nitrogens is 2. The Bertz CT molecular complexity index is 678. The van der Waals surface area contributed by atoms with Crippen molar-refractivity contribution >= 4 is 5.91 Å². The molecule has 1 aliphatic rings. The summed E-state index contributed by atoms with van der Waals surface area (Å²) in [6, 6.07) is 8.08. The van der Waals surface area contributed by atoms with Crippen LogP contribution in [0.4, 0.5) is 0 Å². The first-order chi connectivity index (χ1) is 10.6. The highest BCUT2D eigenvalue weighted by Gasteiger charge is 2.20. The lowest BCUT2D eigenvalue weighted by atomic mass is 9.97. The van der Waals surface area contributed by atoms with E-state index in [0.717, 1.165) is 23.6 Å². The van der Waals surface area contributed by atoms with Gasteiger partial charge in [0.15, 0.2) is 0 Å². The molecule has 0 bridgehead atoms. The molecule has 2 heterocycles. The number of rotatable bonds is 4. The molecule has 0 saturated carbocycles. The molecule has 3 rings (SSSR count). The fourth-order valence-corrected chi connectivity index (χ4v) is 2.69. The highest BCUT2D eigenvalue weighted by molar-refractivity contribution is 5.75. The molecule has 1 atom stereocenters. The van der Waals surface area contributed by atoms with Gasteiger partial charge in [0, 0.05) is 18.2 Å². The number of imidazole rings is 1. The van der Waals surface area contributed by atoms with Crippen LogP contribution in [0.25, 0.3) is 0 Å². The van der Waals surface area contributed by atoms with Crippen LogP contribution in [0, 0.1) is 19.8 Å². The number of ether oxygens (including phenoxy) is 1. The molecule has 0 spiro atoms. The van der Waals surface area contributed by atoms with Gasteiger partial charge in [-0.05, 0) is 31.9 Å². The van der Waals surface area contributed by atoms with E-state index in [1.807, 2.05) is 36.6 Å². The monoisotopic (exact) mass is 299 g/mol. The molecule has 1 aromatic heterocycles. The second-order valence-corrected chi connectivity index (χ2v) is 5.84. The van der Waals surface area contributed by atoms with Crippen LogP contribution in [-0.4, -0.2) is 28.6 Å². The first-order valence-corrected chi connectivity index (χ1v) is 7.59. The lowest BCUT2D eigenvalue weighted by molar-refractivity contribution is -0.121. The number of hydrogen-bond donors (Lipinski definition) is 1. The molecule has 5 nitrogen and oxygen atoms in total. The topological polar surface area (TPSA) is 56.2 Å². The molecule has 0 radical (unpaired) electrons. The Balaban J connectivity index is 1.51. The van der Waals surface area contributed by atoms with Gasteiger partial charge in [-0.1, -0.05) is 18.2 Å². The lowest BCUT2D eigenvalue weighted by Gasteiger charge is -2.25. The molecule has 0 saturated heterocycles. The molecule has 1 aromatic carbocycles. The Kier molecular flexibility index (Phi) is 4.13. The summed E-state index contributed by atoms with van der Waals surface area (Å²) in [5, 5.41) is 3.00. The number of fused-ring (bicyclic) bond motifs is 1. The van der Waals surface area contributed by atoms with Gasteiger partial charge in [-0.2, -0.15) is 0 Å². The van der Waals surface area contributed by atoms with Crippen LogP contribution in [0.5, 0.6) is 5.75 Å². The van der Waals surface area contributed by atoms with Crippen LogP contribution in [0.2, 0.25) is 0 Å². The van der Waals surface area contributed by atoms with Crippen LogP contribution in [0.1, 0.15) is 17.0 Å². The van der Waals surface area contributed by atoms with E-state index in [-0.39, 0.29) is 5.91 Å². The largest absolute Gasteiger partial charge is 0.493 e. The molecule has 1 aliphatic heterocycles. The number of nitrogens with zero attached hydrogens (tertiary/aromatic N) is 2. The van der Waals surface area contributed by atoms with Crippen molar-refractivity contribution in [3.63, 3.8) is 0 Å². The summed E-state index contributed by atoms with van der Waals surface area (Å²) >= 11 is 0. The van der Waals surface area contributed by atoms with Crippen LogP contribution in [0.15, 0.2) is 30.6 Å². The summed E-state index contributed by atoms with van der Waals surface area (Å²) in [4.78, 5) is 16.3. The number of para-hydroxylation sites is 1. The molecule has 0 fully saturated rings. The van der Waals surface area contributed by atoms with Gasteiger partial charge in [0.2, 0.25) is 5.91 Å². The molecular weight excluding hydrogens is 278 g/mol. The Morgan fingerprint density at radius 1 is 1.41 bits per heavy atom. The van der Waals surface area contributed by atoms with Crippen molar-refractivity contribution in [1.82, 2.24) is 14.9 Å². The first-order valence-electron chi connectivity index (χ1n) is 7.59. The second kappa shape index (κ2) is 6.22. The van der Waals surface area contributed by atoms with Crippen molar-refractivity contribution in [3.8, 4) is 5.75 Å². The van der Waals surface area contributed by atoms with Crippen molar-refractivity contribution in [3.05, 3.63) is 47.5 Å². The number of nitrogens with one attached hydrogen (secondary N) is 1. The Labute approximate surface area is 130 Å². The number of carbonyl (C=O) groups is 1. The zero-order chi connectivity index (χ0) is 15.5. The molecule has 5 heteroatoms. The third kappa shape index (κ3) is 3.13. The predicted molar refractivity (Wildman–Crippen MR) is 83.8 cm³/mol. The standard InChI is InChI=1S/C17H21N3O2/c1-12-13(2)20(11-19-12)9-17(21)18-8-14-7-15-5-3-4-6-16(15)22-10-14/h3-6,11,14H,7-10H2,1-2H3,(H,18,21). The Morgan fingerprint density at radius 2 is 2.23 bits per heavy atom. The fourth-order valence-electron chi connectivity index (χ4n) is 2.69. The minimum absolute atomic E-state index is 0.0133. The summed E-state index contributed by atoms with van der Waals surface area (Å²) in [6.45, 7) is 5.53. The van der Waals surface area contributed by atoms with E-state index in [0.29, 0.717) is 25.6 Å². The number of carbonyl (C=O) groups excluding carboxylic acids is 1. The fraction of sp³-hybridized carbons (Fsp3) is 0.412. The quantitative estimate of drug-likeness (QED) is 0.937. The summed E-state index contributed by atoms with van der Waals surface area (Å²) in [6.07, 6.45) is 2.66. The van der Waals surface area contributed by atoms with E-state index >= 15 is 0 Å². The zero-order valence-electron chi connectivity index (χ0n) is 13.0. The van der Waals surface area contributed by atoms with E-state index in [2.05, 4.69) is 16.4 Å². The molecule has 22 heavy (non-hydrogen) atoms. The van der Waals surface area contributed by atoms with Crippen LogP contribution >= 0.6 is 0 Å². The van der Waals surface area contributed by atoms with Crippen molar-refractivity contribution < 1.29 is 9.53 Å². The molecule has 2 aromatic rings. The van der Waals surface area contributed by atoms with Gasteiger partial charge in [0.05, 0.1) is 18.6 Å². The van der Waals surface area contributed by atoms with Crippen LogP contribution < -0.4 is 10.1 Å². The van der Waals surface area contributed by atoms with Crippen molar-refractivity contribution in [2.24, 2.45) is 5.92 Å². The lowest BCUT2D eigenvalue weighted by Crippen LogP contribution is -2.36. The van der Waals surface area contributed by atoms with Gasteiger partial charge in [-0.15, -0.1) is 0 Å². The molecule has 1 N–H and O–H groups in total. The number of aryl methyl sites for hydroxylation is 1. The minimum Gasteiger partial charge on any atom is -0.493 e. The van der Waals surface area contributed by atoms with E-state index in [4.69, 9.17) is 4.74 Å². The van der Waals surface area contributed by atoms with Gasteiger partial charge in [0.1, 0.15) is 12.3 Å². The second-order valence-electron chi connectivity index (χ2n) is 5.84. The summed E-state index contributed by atoms with van der Waals surface area (Å²) in [7, 11) is 0. The smallest absolute Gasteiger partial charge is 0.239 e. The zero-order valence-corrected chi connectivity index (χ0v) is 13.0. The average Bonchev–Trinajstić information content (AvgIpc) is 2.85. The van der Waals surface area contributed by atoms with Gasteiger partial charge in [0.25, 0.3) is 0 Å². The van der Waals surface area contributed by atoms with Gasteiger partial charge in [-0.25, -0.2) is 4.98 Å². The van der Waals surface area contributed by atoms with Gasteiger partial charge >= 0.3 is 0 Å². The molecule has 116 valence electrons. The van der Waals surface area contributed by atoms with E-state index in [1.165, 1.54) is 5.56 Å². The minimum atomic E-state index is 0.0133. The Morgan fingerprint density at radius 3 is 3.00 bits per heavy atom. The van der Waals surface area contributed by atoms with Crippen LogP contribution in [-0.2, 0) is 17.8 Å². The van der Waals surface area contributed by atoms with Crippen molar-refractivity contribution in [2.45, 2.75) is 26.8 Å². The first kappa shape index (κ1) is 14.6. The highest BCUT2D eigenvalue weighted by atomic mass is 16.5. The van der Waals surface area contributed by atoms with Gasteiger partial charge in [-0.3, -0.25) is 4.79 Å². The summed E-state index contributed by atoms with van der Waals surface area (Å²) in [5.74, 6) is 1.30. The number of amides is 1.